The fraction of sp³-hybridized carbons (Fsp3) is 0.778. The molecular weight excluding hydrogens is 204 g/mol. The van der Waals surface area contributed by atoms with Crippen molar-refractivity contribution in [2.24, 2.45) is 0 Å². The number of epoxide rings is 1. The zero-order chi connectivity index (χ0) is 10.8. The maximum absolute atomic E-state index is 11.1. The molecule has 2 aliphatic heterocycles. The molecule has 2 saturated heterocycles. The number of fused-ring (bicyclic) bond motifs is 1. The molecule has 0 spiro atoms. The van der Waals surface area contributed by atoms with E-state index in [-0.39, 0.29) is 31.2 Å². The number of hydrogen-bond acceptors (Lipinski definition) is 5. The lowest BCUT2D eigenvalue weighted by Crippen LogP contribution is -2.37. The molecule has 0 aromatic rings. The summed E-state index contributed by atoms with van der Waals surface area (Å²) in [6, 6.07) is 0. The molecule has 84 valence electrons. The summed E-state index contributed by atoms with van der Waals surface area (Å²) in [6.45, 7) is 0. The number of rotatable bonds is 6. The molecule has 6 nitrogen and oxygen atoms in total. The molecular formula is C9H12O6. The number of unbranched alkanes of at least 4 members (excludes halogenated alkanes) is 1. The van der Waals surface area contributed by atoms with Crippen molar-refractivity contribution >= 4 is 11.9 Å². The summed E-state index contributed by atoms with van der Waals surface area (Å²) in [6.07, 6.45) is 0.557. The Kier molecular flexibility index (Phi) is 2.88. The predicted octanol–water partition coefficient (Wildman–Crippen LogP) is 0.256. The van der Waals surface area contributed by atoms with Gasteiger partial charge in [0.1, 0.15) is 0 Å². The molecule has 6 heteroatoms. The van der Waals surface area contributed by atoms with E-state index in [2.05, 4.69) is 0 Å². The minimum atomic E-state index is -0.847. The zero-order valence-corrected chi connectivity index (χ0v) is 8.05. The van der Waals surface area contributed by atoms with Crippen molar-refractivity contribution in [3.8, 4) is 0 Å². The molecule has 0 aromatic heterocycles. The van der Waals surface area contributed by atoms with Gasteiger partial charge in [-0.3, -0.25) is 9.59 Å². The number of carboxylic acids is 1. The second kappa shape index (κ2) is 4.16. The Labute approximate surface area is 86.1 Å². The Morgan fingerprint density at radius 3 is 2.47 bits per heavy atom. The van der Waals surface area contributed by atoms with E-state index in [0.717, 1.165) is 0 Å². The van der Waals surface area contributed by atoms with E-state index in [0.29, 0.717) is 12.8 Å². The first kappa shape index (κ1) is 10.4. The summed E-state index contributed by atoms with van der Waals surface area (Å²) in [7, 11) is 0. The topological polar surface area (TPSA) is 85.4 Å². The predicted molar refractivity (Wildman–Crippen MR) is 45.7 cm³/mol. The van der Waals surface area contributed by atoms with E-state index in [1.165, 1.54) is 0 Å². The normalized spacial score (nSPS) is 31.3. The lowest BCUT2D eigenvalue weighted by molar-refractivity contribution is -0.208. The van der Waals surface area contributed by atoms with Gasteiger partial charge in [-0.05, 0) is 12.8 Å². The molecule has 0 amide bonds. The van der Waals surface area contributed by atoms with Crippen LogP contribution in [0.4, 0.5) is 0 Å². The molecule has 15 heavy (non-hydrogen) atoms. The molecule has 0 aliphatic carbocycles. The van der Waals surface area contributed by atoms with E-state index in [1.807, 2.05) is 0 Å². The molecule has 2 fully saturated rings. The van der Waals surface area contributed by atoms with Crippen LogP contribution in [0.3, 0.4) is 0 Å². The minimum Gasteiger partial charge on any atom is -0.481 e. The van der Waals surface area contributed by atoms with Crippen LogP contribution in [0.2, 0.25) is 0 Å². The van der Waals surface area contributed by atoms with Crippen molar-refractivity contribution in [2.75, 3.05) is 0 Å². The van der Waals surface area contributed by atoms with Crippen LogP contribution in [0.15, 0.2) is 0 Å². The minimum absolute atomic E-state index is 0.0621. The van der Waals surface area contributed by atoms with Crippen LogP contribution in [-0.2, 0) is 23.8 Å². The molecule has 3 atom stereocenters. The van der Waals surface area contributed by atoms with Crippen LogP contribution < -0.4 is 0 Å². The fourth-order valence-electron chi connectivity index (χ4n) is 1.36. The SMILES string of the molecule is O=C(O)CCCCC(=O)OC1OC2OC12. The molecule has 1 N–H and O–H groups in total. The lowest BCUT2D eigenvalue weighted by atomic mass is 10.2. The third-order valence-corrected chi connectivity index (χ3v) is 2.29. The zero-order valence-electron chi connectivity index (χ0n) is 8.05. The van der Waals surface area contributed by atoms with E-state index >= 15 is 0 Å². The second-order valence-electron chi connectivity index (χ2n) is 3.56. The van der Waals surface area contributed by atoms with Crippen LogP contribution in [0, 0.1) is 0 Å². The highest BCUT2D eigenvalue weighted by Gasteiger charge is 2.60. The van der Waals surface area contributed by atoms with Crippen LogP contribution in [0.25, 0.3) is 0 Å². The molecule has 2 rings (SSSR count). The van der Waals surface area contributed by atoms with Gasteiger partial charge in [-0.15, -0.1) is 0 Å². The number of hydrogen-bond donors (Lipinski definition) is 1. The first-order chi connectivity index (χ1) is 7.16. The van der Waals surface area contributed by atoms with Crippen LogP contribution >= 0.6 is 0 Å². The highest BCUT2D eigenvalue weighted by atomic mass is 16.9. The molecule has 2 aliphatic rings. The third kappa shape index (κ3) is 2.66. The summed E-state index contributed by atoms with van der Waals surface area (Å²) in [5, 5.41) is 8.36. The van der Waals surface area contributed by atoms with Gasteiger partial charge in [-0.2, -0.15) is 0 Å². The van der Waals surface area contributed by atoms with Gasteiger partial charge < -0.3 is 19.3 Å². The number of aliphatic carboxylic acids is 1. The average molecular weight is 216 g/mol. The average Bonchev–Trinajstić information content (AvgIpc) is 2.80. The second-order valence-corrected chi connectivity index (χ2v) is 3.56. The fourth-order valence-corrected chi connectivity index (χ4v) is 1.36. The molecule has 3 unspecified atom stereocenters. The summed E-state index contributed by atoms with van der Waals surface area (Å²) < 4.78 is 14.8. The lowest BCUT2D eigenvalue weighted by Gasteiger charge is -2.20. The van der Waals surface area contributed by atoms with Crippen molar-refractivity contribution in [3.05, 3.63) is 0 Å². The highest BCUT2D eigenvalue weighted by Crippen LogP contribution is 2.40. The monoisotopic (exact) mass is 216 g/mol. The number of ether oxygens (including phenoxy) is 3. The summed E-state index contributed by atoms with van der Waals surface area (Å²) in [5.41, 5.74) is 0. The van der Waals surface area contributed by atoms with Crippen LogP contribution in [0.5, 0.6) is 0 Å². The van der Waals surface area contributed by atoms with E-state index in [1.54, 1.807) is 0 Å². The third-order valence-electron chi connectivity index (χ3n) is 2.29. The largest absolute Gasteiger partial charge is 0.481 e. The quantitative estimate of drug-likeness (QED) is 0.389. The van der Waals surface area contributed by atoms with E-state index in [4.69, 9.17) is 19.3 Å². The number of carbonyl (C=O) groups excluding carboxylic acids is 1. The van der Waals surface area contributed by atoms with Gasteiger partial charge in [0.15, 0.2) is 12.4 Å². The van der Waals surface area contributed by atoms with Crippen molar-refractivity contribution < 1.29 is 28.9 Å². The Hall–Kier alpha value is -1.14. The smallest absolute Gasteiger partial charge is 0.308 e. The van der Waals surface area contributed by atoms with Crippen molar-refractivity contribution in [2.45, 2.75) is 44.4 Å². The standard InChI is InChI=1S/C9H12O6/c10-5(11)3-1-2-4-6(12)13-8-7-9(14-7)15-8/h7-9H,1-4H2,(H,10,11). The number of carbonyl (C=O) groups is 2. The Balaban J connectivity index is 1.51. The first-order valence-electron chi connectivity index (χ1n) is 4.89. The molecule has 0 saturated carbocycles. The number of carboxylic acid groups (broad SMARTS) is 1. The van der Waals surface area contributed by atoms with Crippen molar-refractivity contribution in [1.29, 1.82) is 0 Å². The summed E-state index contributed by atoms with van der Waals surface area (Å²) in [5.74, 6) is -1.21. The van der Waals surface area contributed by atoms with Gasteiger partial charge >= 0.3 is 11.9 Å². The first-order valence-corrected chi connectivity index (χ1v) is 4.89. The van der Waals surface area contributed by atoms with E-state index < -0.39 is 12.3 Å². The molecule has 2 heterocycles. The molecule has 0 bridgehead atoms. The van der Waals surface area contributed by atoms with Gasteiger partial charge in [0, 0.05) is 12.8 Å². The maximum Gasteiger partial charge on any atom is 0.308 e. The molecule has 0 radical (unpaired) electrons. The Bertz CT molecular complexity index is 276. The van der Waals surface area contributed by atoms with E-state index in [9.17, 15) is 9.59 Å². The number of esters is 1. The van der Waals surface area contributed by atoms with Gasteiger partial charge in [0.05, 0.1) is 0 Å². The van der Waals surface area contributed by atoms with Gasteiger partial charge in [-0.25, -0.2) is 0 Å². The van der Waals surface area contributed by atoms with Gasteiger partial charge in [-0.1, -0.05) is 0 Å². The Morgan fingerprint density at radius 1 is 1.20 bits per heavy atom. The summed E-state index contributed by atoms with van der Waals surface area (Å²) >= 11 is 0. The van der Waals surface area contributed by atoms with Gasteiger partial charge in [0.25, 0.3) is 0 Å². The van der Waals surface area contributed by atoms with Crippen LogP contribution in [-0.4, -0.2) is 35.7 Å². The highest BCUT2D eigenvalue weighted by molar-refractivity contribution is 5.70. The van der Waals surface area contributed by atoms with Crippen LogP contribution in [0.1, 0.15) is 25.7 Å². The Morgan fingerprint density at radius 2 is 1.93 bits per heavy atom. The molecule has 0 aromatic carbocycles. The van der Waals surface area contributed by atoms with Crippen molar-refractivity contribution in [3.63, 3.8) is 0 Å². The van der Waals surface area contributed by atoms with Gasteiger partial charge in [0.2, 0.25) is 6.29 Å². The summed E-state index contributed by atoms with van der Waals surface area (Å²) in [4.78, 5) is 21.3. The maximum atomic E-state index is 11.1. The van der Waals surface area contributed by atoms with Crippen molar-refractivity contribution in [1.82, 2.24) is 0 Å².